The van der Waals surface area contributed by atoms with Gasteiger partial charge in [0.25, 0.3) is 0 Å². The molecule has 0 saturated carbocycles. The van der Waals surface area contributed by atoms with Crippen molar-refractivity contribution in [2.24, 2.45) is 5.84 Å². The Morgan fingerprint density at radius 2 is 2.26 bits per heavy atom. The van der Waals surface area contributed by atoms with Crippen molar-refractivity contribution in [2.45, 2.75) is 39.2 Å². The van der Waals surface area contributed by atoms with E-state index in [1.165, 1.54) is 0 Å². The summed E-state index contributed by atoms with van der Waals surface area (Å²) in [7, 11) is 0. The number of aromatic nitrogens is 4. The Morgan fingerprint density at radius 1 is 1.37 bits per heavy atom. The lowest BCUT2D eigenvalue weighted by molar-refractivity contribution is 0.606. The summed E-state index contributed by atoms with van der Waals surface area (Å²) in [5.41, 5.74) is 5.93. The standard InChI is InChI=1S/C13H18N6/c1-2-8-19-11(6-7-15-19)13-16-10-5-3-4-9(10)12(17-13)18-14/h6-7H,2-5,8,14H2,1H3,(H,16,17,18). The number of hydrogen-bond acceptors (Lipinski definition) is 5. The molecule has 2 aromatic heterocycles. The Morgan fingerprint density at radius 3 is 3.05 bits per heavy atom. The van der Waals surface area contributed by atoms with Crippen LogP contribution in [0.4, 0.5) is 5.82 Å². The summed E-state index contributed by atoms with van der Waals surface area (Å²) in [4.78, 5) is 9.22. The normalized spacial score (nSPS) is 13.6. The highest BCUT2D eigenvalue weighted by atomic mass is 15.3. The highest BCUT2D eigenvalue weighted by Crippen LogP contribution is 2.28. The molecule has 2 aromatic rings. The fourth-order valence-electron chi connectivity index (χ4n) is 2.58. The Hall–Kier alpha value is -1.95. The molecule has 3 rings (SSSR count). The summed E-state index contributed by atoms with van der Waals surface area (Å²) in [5, 5.41) is 4.32. The number of hydrazine groups is 1. The maximum Gasteiger partial charge on any atom is 0.180 e. The quantitative estimate of drug-likeness (QED) is 0.642. The maximum absolute atomic E-state index is 5.58. The van der Waals surface area contributed by atoms with Gasteiger partial charge in [-0.15, -0.1) is 0 Å². The van der Waals surface area contributed by atoms with Gasteiger partial charge in [-0.2, -0.15) is 5.10 Å². The number of nitrogens with one attached hydrogen (secondary N) is 1. The summed E-state index contributed by atoms with van der Waals surface area (Å²) in [6.45, 7) is 3.00. The number of nitrogens with zero attached hydrogens (tertiary/aromatic N) is 4. The Bertz CT molecular complexity index is 589. The zero-order valence-electron chi connectivity index (χ0n) is 11.1. The molecule has 1 aliphatic carbocycles. The molecule has 2 heterocycles. The van der Waals surface area contributed by atoms with E-state index in [0.717, 1.165) is 55.0 Å². The minimum absolute atomic E-state index is 0.708. The van der Waals surface area contributed by atoms with Crippen molar-refractivity contribution in [3.63, 3.8) is 0 Å². The topological polar surface area (TPSA) is 81.7 Å². The van der Waals surface area contributed by atoms with Crippen LogP contribution in [0.2, 0.25) is 0 Å². The molecule has 6 nitrogen and oxygen atoms in total. The molecule has 0 spiro atoms. The van der Waals surface area contributed by atoms with Crippen molar-refractivity contribution < 1.29 is 0 Å². The number of fused-ring (bicyclic) bond motifs is 1. The third-order valence-electron chi connectivity index (χ3n) is 3.45. The van der Waals surface area contributed by atoms with E-state index in [9.17, 15) is 0 Å². The third kappa shape index (κ3) is 2.08. The molecular formula is C13H18N6. The molecule has 100 valence electrons. The number of aryl methyl sites for hydroxylation is 2. The summed E-state index contributed by atoms with van der Waals surface area (Å²) in [6.07, 6.45) is 5.94. The molecule has 0 fully saturated rings. The van der Waals surface area contributed by atoms with E-state index >= 15 is 0 Å². The lowest BCUT2D eigenvalue weighted by atomic mass is 10.2. The lowest BCUT2D eigenvalue weighted by Gasteiger charge is -2.10. The van der Waals surface area contributed by atoms with Crippen LogP contribution in [0.5, 0.6) is 0 Å². The van der Waals surface area contributed by atoms with Crippen LogP contribution in [0.3, 0.4) is 0 Å². The van der Waals surface area contributed by atoms with E-state index in [4.69, 9.17) is 5.84 Å². The van der Waals surface area contributed by atoms with E-state index in [1.54, 1.807) is 6.20 Å². The number of hydrogen-bond donors (Lipinski definition) is 2. The van der Waals surface area contributed by atoms with Gasteiger partial charge < -0.3 is 5.43 Å². The van der Waals surface area contributed by atoms with Crippen molar-refractivity contribution in [1.82, 2.24) is 19.7 Å². The predicted octanol–water partition coefficient (Wildman–Crippen LogP) is 1.52. The van der Waals surface area contributed by atoms with Crippen LogP contribution in [-0.2, 0) is 19.4 Å². The first-order chi connectivity index (χ1) is 9.33. The van der Waals surface area contributed by atoms with Crippen LogP contribution < -0.4 is 11.3 Å². The summed E-state index contributed by atoms with van der Waals surface area (Å²) < 4.78 is 1.94. The second-order valence-electron chi connectivity index (χ2n) is 4.76. The fraction of sp³-hybridized carbons (Fsp3) is 0.462. The van der Waals surface area contributed by atoms with Gasteiger partial charge in [-0.05, 0) is 31.7 Å². The van der Waals surface area contributed by atoms with Crippen molar-refractivity contribution in [1.29, 1.82) is 0 Å². The number of rotatable bonds is 4. The largest absolute Gasteiger partial charge is 0.308 e. The smallest absolute Gasteiger partial charge is 0.180 e. The van der Waals surface area contributed by atoms with Gasteiger partial charge in [-0.3, -0.25) is 4.68 Å². The van der Waals surface area contributed by atoms with Crippen molar-refractivity contribution in [3.05, 3.63) is 23.5 Å². The first kappa shape index (κ1) is 12.1. The molecule has 0 aromatic carbocycles. The monoisotopic (exact) mass is 258 g/mol. The molecule has 19 heavy (non-hydrogen) atoms. The van der Waals surface area contributed by atoms with Crippen LogP contribution in [-0.4, -0.2) is 19.7 Å². The molecule has 0 saturated heterocycles. The molecule has 0 atom stereocenters. The van der Waals surface area contributed by atoms with E-state index in [2.05, 4.69) is 27.4 Å². The highest BCUT2D eigenvalue weighted by Gasteiger charge is 2.20. The molecule has 0 amide bonds. The second kappa shape index (κ2) is 4.97. The fourth-order valence-corrected chi connectivity index (χ4v) is 2.58. The number of nitrogens with two attached hydrogens (primary N) is 1. The van der Waals surface area contributed by atoms with Crippen LogP contribution in [0.1, 0.15) is 31.0 Å². The second-order valence-corrected chi connectivity index (χ2v) is 4.76. The van der Waals surface area contributed by atoms with Gasteiger partial charge in [-0.1, -0.05) is 6.92 Å². The molecule has 1 aliphatic rings. The van der Waals surface area contributed by atoms with Crippen LogP contribution >= 0.6 is 0 Å². The molecule has 0 bridgehead atoms. The van der Waals surface area contributed by atoms with Gasteiger partial charge >= 0.3 is 0 Å². The SMILES string of the molecule is CCCn1nccc1-c1nc2c(c(NN)n1)CCC2. The first-order valence-electron chi connectivity index (χ1n) is 6.72. The maximum atomic E-state index is 5.58. The van der Waals surface area contributed by atoms with Gasteiger partial charge in [0, 0.05) is 24.0 Å². The zero-order chi connectivity index (χ0) is 13.2. The highest BCUT2D eigenvalue weighted by molar-refractivity contribution is 5.57. The predicted molar refractivity (Wildman–Crippen MR) is 73.4 cm³/mol. The lowest BCUT2D eigenvalue weighted by Crippen LogP contribution is -2.13. The molecule has 6 heteroatoms. The van der Waals surface area contributed by atoms with Crippen LogP contribution in [0, 0.1) is 0 Å². The van der Waals surface area contributed by atoms with E-state index < -0.39 is 0 Å². The van der Waals surface area contributed by atoms with Crippen molar-refractivity contribution >= 4 is 5.82 Å². The number of nitrogen functional groups attached to an aromatic ring is 1. The minimum atomic E-state index is 0.708. The average molecular weight is 258 g/mol. The van der Waals surface area contributed by atoms with Gasteiger partial charge in [0.1, 0.15) is 11.5 Å². The number of anilines is 1. The molecule has 0 aliphatic heterocycles. The summed E-state index contributed by atoms with van der Waals surface area (Å²) in [5.74, 6) is 7.04. The van der Waals surface area contributed by atoms with E-state index in [-0.39, 0.29) is 0 Å². The van der Waals surface area contributed by atoms with Gasteiger partial charge in [-0.25, -0.2) is 15.8 Å². The molecule has 0 unspecified atom stereocenters. The third-order valence-corrected chi connectivity index (χ3v) is 3.45. The van der Waals surface area contributed by atoms with E-state index in [0.29, 0.717) is 5.82 Å². The van der Waals surface area contributed by atoms with Gasteiger partial charge in [0.15, 0.2) is 5.82 Å². The Labute approximate surface area is 112 Å². The molecule has 3 N–H and O–H groups in total. The minimum Gasteiger partial charge on any atom is -0.308 e. The van der Waals surface area contributed by atoms with Gasteiger partial charge in [0.05, 0.1) is 0 Å². The Balaban J connectivity index is 2.08. The Kier molecular flexibility index (Phi) is 3.16. The molecule has 0 radical (unpaired) electrons. The first-order valence-corrected chi connectivity index (χ1v) is 6.72. The average Bonchev–Trinajstić information content (AvgIpc) is 3.06. The van der Waals surface area contributed by atoms with Crippen molar-refractivity contribution in [2.75, 3.05) is 5.43 Å². The molecular weight excluding hydrogens is 240 g/mol. The van der Waals surface area contributed by atoms with Crippen LogP contribution in [0.15, 0.2) is 12.3 Å². The summed E-state index contributed by atoms with van der Waals surface area (Å²) in [6, 6.07) is 1.95. The van der Waals surface area contributed by atoms with Gasteiger partial charge in [0.2, 0.25) is 0 Å². The summed E-state index contributed by atoms with van der Waals surface area (Å²) >= 11 is 0. The van der Waals surface area contributed by atoms with Crippen LogP contribution in [0.25, 0.3) is 11.5 Å². The zero-order valence-corrected chi connectivity index (χ0v) is 11.1. The van der Waals surface area contributed by atoms with Crippen molar-refractivity contribution in [3.8, 4) is 11.5 Å². The van der Waals surface area contributed by atoms with E-state index in [1.807, 2.05) is 10.7 Å².